The van der Waals surface area contributed by atoms with Crippen molar-refractivity contribution in [1.29, 1.82) is 0 Å². The van der Waals surface area contributed by atoms with E-state index in [1.807, 2.05) is 0 Å². The molecule has 0 fully saturated rings. The number of benzene rings is 9. The van der Waals surface area contributed by atoms with E-state index in [0.29, 0.717) is 0 Å². The van der Waals surface area contributed by atoms with Gasteiger partial charge in [0.25, 0.3) is 0 Å². The zero-order valence-corrected chi connectivity index (χ0v) is 42.6. The molecule has 0 heterocycles. The second-order valence-corrected chi connectivity index (χ2v) is 21.4. The lowest BCUT2D eigenvalue weighted by Gasteiger charge is -2.43. The maximum absolute atomic E-state index is 3.53. The first-order chi connectivity index (χ1) is 33.7. The van der Waals surface area contributed by atoms with Crippen molar-refractivity contribution >= 4 is 56.0 Å². The van der Waals surface area contributed by atoms with Gasteiger partial charge in [0.2, 0.25) is 12.7 Å². The summed E-state index contributed by atoms with van der Waals surface area (Å²) in [5.41, 5.74) is 8.66. The molecule has 4 heteroatoms. The van der Waals surface area contributed by atoms with Gasteiger partial charge >= 0.3 is 21.2 Å². The third-order valence-corrected chi connectivity index (χ3v) is 17.2. The van der Waals surface area contributed by atoms with Crippen LogP contribution in [0.1, 0.15) is 39.5 Å². The monoisotopic (exact) mass is 1010 g/mol. The van der Waals surface area contributed by atoms with Gasteiger partial charge in [0, 0.05) is 0 Å². The molecule has 0 aliphatic carbocycles. The zero-order valence-electron chi connectivity index (χ0n) is 39.7. The maximum atomic E-state index is 3.53. The molecule has 0 bridgehead atoms. The predicted octanol–water partition coefficient (Wildman–Crippen LogP) is 9.51. The van der Waals surface area contributed by atoms with Crippen LogP contribution in [0.4, 0.5) is 0 Å². The molecule has 0 atom stereocenters. The summed E-state index contributed by atoms with van der Waals surface area (Å²) in [6.45, 7) is 4.56. The molecular formula is C64H63B2IS. The highest BCUT2D eigenvalue weighted by Crippen LogP contribution is 2.22. The Morgan fingerprint density at radius 2 is 0.559 bits per heavy atom. The first-order valence-corrected chi connectivity index (χ1v) is 27.8. The summed E-state index contributed by atoms with van der Waals surface area (Å²) in [6, 6.07) is 98.1. The molecule has 9 aromatic carbocycles. The summed E-state index contributed by atoms with van der Waals surface area (Å²) in [4.78, 5) is 2.58. The second kappa shape index (κ2) is 26.9. The normalized spacial score (nSPS) is 10.9. The van der Waals surface area contributed by atoms with Gasteiger partial charge in [0.05, 0.1) is 12.3 Å². The van der Waals surface area contributed by atoms with Crippen molar-refractivity contribution in [2.24, 2.45) is 0 Å². The van der Waals surface area contributed by atoms with Crippen molar-refractivity contribution in [3.8, 4) is 9.18 Å². The van der Waals surface area contributed by atoms with Crippen LogP contribution >= 0.6 is 0 Å². The molecule has 0 radical (unpaired) electrons. The lowest BCUT2D eigenvalue weighted by molar-refractivity contribution is -0.535. The van der Waals surface area contributed by atoms with E-state index in [4.69, 9.17) is 0 Å². The van der Waals surface area contributed by atoms with E-state index < -0.39 is 12.3 Å². The Balaban J connectivity index is 0.000000151. The fourth-order valence-electron chi connectivity index (χ4n) is 9.82. The second-order valence-electron chi connectivity index (χ2n) is 17.4. The summed E-state index contributed by atoms with van der Waals surface area (Å²) >= 11 is -0.245. The van der Waals surface area contributed by atoms with Crippen molar-refractivity contribution < 1.29 is 21.2 Å². The molecular weight excluding hydrogens is 949 g/mol. The van der Waals surface area contributed by atoms with E-state index in [0.717, 1.165) is 0 Å². The minimum Gasteiger partial charge on any atom is -0.200 e. The molecule has 0 saturated carbocycles. The molecule has 338 valence electrons. The minimum atomic E-state index is -0.913. The number of hydrogen-bond donors (Lipinski definition) is 0. The van der Waals surface area contributed by atoms with Gasteiger partial charge in [-0.3, -0.25) is 0 Å². The summed E-state index contributed by atoms with van der Waals surface area (Å²) in [7, 11) is -0.159. The summed E-state index contributed by atoms with van der Waals surface area (Å²) in [6.07, 6.45) is 5.46. The number of unbranched alkanes of at least 4 members (excludes halogenated alkanes) is 2. The first-order valence-electron chi connectivity index (χ1n) is 24.4. The van der Waals surface area contributed by atoms with Crippen LogP contribution in [-0.2, 0) is 10.9 Å². The highest BCUT2D eigenvalue weighted by Gasteiger charge is 2.30. The molecule has 0 spiro atoms. The van der Waals surface area contributed by atoms with Crippen molar-refractivity contribution in [2.75, 3.05) is 0 Å². The average Bonchev–Trinajstić information content (AvgIpc) is 3.43. The molecule has 0 saturated heterocycles. The zero-order chi connectivity index (χ0) is 47.0. The van der Waals surface area contributed by atoms with Gasteiger partial charge in [-0.2, -0.15) is 45.4 Å². The Morgan fingerprint density at radius 3 is 0.809 bits per heavy atom. The topological polar surface area (TPSA) is 0 Å². The van der Waals surface area contributed by atoms with Crippen LogP contribution in [-0.4, -0.2) is 12.3 Å². The predicted molar refractivity (Wildman–Crippen MR) is 297 cm³/mol. The summed E-state index contributed by atoms with van der Waals surface area (Å²) in [5.74, 6) is 0. The molecule has 0 nitrogen and oxygen atoms in total. The van der Waals surface area contributed by atoms with Crippen LogP contribution in [0.15, 0.2) is 283 Å². The van der Waals surface area contributed by atoms with Crippen LogP contribution < -0.4 is 54.0 Å². The van der Waals surface area contributed by atoms with Crippen LogP contribution in [0.3, 0.4) is 0 Å². The Kier molecular flexibility index (Phi) is 19.7. The van der Waals surface area contributed by atoms with Gasteiger partial charge in [-0.15, -0.1) is 0 Å². The van der Waals surface area contributed by atoms with Gasteiger partial charge in [0.1, 0.15) is 0 Å². The maximum Gasteiger partial charge on any atom is 0.424 e. The standard InChI is InChI=1S/2C22H24B.C20H15IS/c2*1-2-3-19-23(20-13-7-4-8-14-20,21-15-9-5-10-16-21)22-17-11-6-12-18-22;1-4-10-18(11-5-1)21-16-17-22(19-12-6-2-7-13-19)20-14-8-3-9-15-20/h2*4-18H,2-3,19H2,1H3;1-15H/q2*-1;+2. The molecule has 0 N–H and O–H groups in total. The third kappa shape index (κ3) is 13.0. The number of halogens is 1. The Hall–Kier alpha value is -6.25. The van der Waals surface area contributed by atoms with Gasteiger partial charge in [-0.05, 0) is 36.4 Å². The largest absolute Gasteiger partial charge is 0.424 e. The van der Waals surface area contributed by atoms with Crippen molar-refractivity contribution in [3.05, 3.63) is 277 Å². The van der Waals surface area contributed by atoms with Crippen molar-refractivity contribution in [2.45, 2.75) is 62.0 Å². The third-order valence-electron chi connectivity index (χ3n) is 13.2. The van der Waals surface area contributed by atoms with E-state index in [1.165, 1.54) is 84.5 Å². The molecule has 0 unspecified atom stereocenters. The van der Waals surface area contributed by atoms with E-state index >= 15 is 0 Å². The molecule has 9 aromatic rings. The van der Waals surface area contributed by atoms with E-state index in [2.05, 4.69) is 296 Å². The highest BCUT2D eigenvalue weighted by molar-refractivity contribution is 8.01. The van der Waals surface area contributed by atoms with Crippen molar-refractivity contribution in [1.82, 2.24) is 0 Å². The summed E-state index contributed by atoms with van der Waals surface area (Å²) in [5, 5.41) is 3.53. The Bertz CT molecular complexity index is 2440. The first kappa shape index (κ1) is 49.6. The van der Waals surface area contributed by atoms with Crippen LogP contribution in [0, 0.1) is 12.7 Å². The molecule has 9 rings (SSSR count). The SMILES string of the molecule is C(#C[S+](c1ccccc1)c1ccccc1)[I+]c1ccccc1.CCCC[B-](c1ccccc1)(c1ccccc1)c1ccccc1.CCCC[B-](c1ccccc1)(c1ccccc1)c1ccccc1. The quantitative estimate of drug-likeness (QED) is 0.0416. The van der Waals surface area contributed by atoms with Gasteiger partial charge in [-0.1, -0.05) is 276 Å². The van der Waals surface area contributed by atoms with Gasteiger partial charge in [0.15, 0.2) is 20.7 Å². The Labute approximate surface area is 421 Å². The molecule has 0 aliphatic rings. The average molecular weight is 1010 g/mol. The molecule has 0 aliphatic heterocycles. The van der Waals surface area contributed by atoms with Gasteiger partial charge in [-0.25, -0.2) is 0 Å². The molecule has 0 amide bonds. The van der Waals surface area contributed by atoms with E-state index in [1.54, 1.807) is 0 Å². The van der Waals surface area contributed by atoms with Crippen molar-refractivity contribution in [3.63, 3.8) is 0 Å². The van der Waals surface area contributed by atoms with Crippen LogP contribution in [0.2, 0.25) is 12.6 Å². The van der Waals surface area contributed by atoms with E-state index in [9.17, 15) is 0 Å². The fraction of sp³-hybridized carbons (Fsp3) is 0.125. The smallest absolute Gasteiger partial charge is 0.200 e. The summed E-state index contributed by atoms with van der Waals surface area (Å²) < 4.78 is 4.84. The number of hydrogen-bond acceptors (Lipinski definition) is 0. The highest BCUT2D eigenvalue weighted by atomic mass is 127. The molecule has 68 heavy (non-hydrogen) atoms. The number of rotatable bonds is 15. The van der Waals surface area contributed by atoms with Crippen LogP contribution in [0.5, 0.6) is 0 Å². The lowest BCUT2D eigenvalue weighted by Crippen LogP contribution is -3.59. The van der Waals surface area contributed by atoms with Crippen LogP contribution in [0.25, 0.3) is 0 Å². The Morgan fingerprint density at radius 1 is 0.324 bits per heavy atom. The lowest BCUT2D eigenvalue weighted by atomic mass is 9.14. The minimum absolute atomic E-state index is 0.159. The fourth-order valence-corrected chi connectivity index (χ4v) is 13.4. The van der Waals surface area contributed by atoms with Gasteiger partial charge < -0.3 is 0 Å². The molecule has 0 aromatic heterocycles. The van der Waals surface area contributed by atoms with E-state index in [-0.39, 0.29) is 32.1 Å².